The van der Waals surface area contributed by atoms with Crippen LogP contribution in [-0.2, 0) is 6.42 Å². The third-order valence-corrected chi connectivity index (χ3v) is 4.77. The van der Waals surface area contributed by atoms with Crippen LogP contribution in [0.4, 0.5) is 0 Å². The second-order valence-corrected chi connectivity index (χ2v) is 6.07. The maximum Gasteiger partial charge on any atom is 0.0849 e. The van der Waals surface area contributed by atoms with Crippen molar-refractivity contribution in [1.29, 1.82) is 0 Å². The lowest BCUT2D eigenvalue weighted by molar-refractivity contribution is 0.178. The summed E-state index contributed by atoms with van der Waals surface area (Å²) in [5.74, 6) is 0. The highest BCUT2D eigenvalue weighted by Gasteiger charge is 2.14. The van der Waals surface area contributed by atoms with Crippen molar-refractivity contribution in [3.63, 3.8) is 0 Å². The molecule has 2 rings (SSSR count). The van der Waals surface area contributed by atoms with Gasteiger partial charge in [0.05, 0.1) is 6.10 Å². The van der Waals surface area contributed by atoms with Gasteiger partial charge in [-0.1, -0.05) is 29.3 Å². The minimum Gasteiger partial charge on any atom is -0.388 e. The lowest BCUT2D eigenvalue weighted by atomic mass is 10.0. The van der Waals surface area contributed by atoms with E-state index >= 15 is 0 Å². The molecule has 17 heavy (non-hydrogen) atoms. The topological polar surface area (TPSA) is 20.2 Å². The lowest BCUT2D eigenvalue weighted by Crippen LogP contribution is -2.01. The van der Waals surface area contributed by atoms with Crippen molar-refractivity contribution in [2.45, 2.75) is 12.5 Å². The summed E-state index contributed by atoms with van der Waals surface area (Å²) in [6.45, 7) is 0. The Bertz CT molecular complexity index is 527. The second kappa shape index (κ2) is 5.72. The summed E-state index contributed by atoms with van der Waals surface area (Å²) in [6, 6.07) is 5.31. The third kappa shape index (κ3) is 3.24. The van der Waals surface area contributed by atoms with Crippen LogP contribution < -0.4 is 0 Å². The van der Waals surface area contributed by atoms with Crippen LogP contribution >= 0.6 is 50.5 Å². The first kappa shape index (κ1) is 13.4. The van der Waals surface area contributed by atoms with Crippen molar-refractivity contribution in [3.05, 3.63) is 54.6 Å². The zero-order valence-corrected chi connectivity index (χ0v) is 12.6. The van der Waals surface area contributed by atoms with Gasteiger partial charge in [0.15, 0.2) is 0 Å². The van der Waals surface area contributed by atoms with E-state index in [4.69, 9.17) is 23.2 Å². The van der Waals surface area contributed by atoms with Crippen LogP contribution in [0.25, 0.3) is 0 Å². The van der Waals surface area contributed by atoms with Gasteiger partial charge >= 0.3 is 0 Å². The Hall–Kier alpha value is -0.0600. The fraction of sp³-hybridized carbons (Fsp3) is 0.167. The normalized spacial score (nSPS) is 12.7. The Kier molecular flexibility index (Phi) is 4.50. The van der Waals surface area contributed by atoms with Gasteiger partial charge in [0, 0.05) is 31.9 Å². The predicted molar refractivity (Wildman–Crippen MR) is 77.1 cm³/mol. The van der Waals surface area contributed by atoms with E-state index < -0.39 is 6.10 Å². The van der Waals surface area contributed by atoms with Crippen molar-refractivity contribution in [2.75, 3.05) is 0 Å². The van der Waals surface area contributed by atoms with Crippen LogP contribution in [0.1, 0.15) is 17.2 Å². The molecule has 1 nitrogen and oxygen atoms in total. The summed E-state index contributed by atoms with van der Waals surface area (Å²) in [5, 5.41) is 15.2. The first-order valence-corrected chi connectivity index (χ1v) is 7.40. The zero-order chi connectivity index (χ0) is 12.4. The third-order valence-electron chi connectivity index (χ3n) is 2.43. The predicted octanol–water partition coefficient (Wildman–Crippen LogP) is 5.09. The largest absolute Gasteiger partial charge is 0.388 e. The molecule has 0 saturated carbocycles. The Labute approximate surface area is 122 Å². The highest BCUT2D eigenvalue weighted by molar-refractivity contribution is 9.10. The number of hydrogen-bond donors (Lipinski definition) is 1. The Balaban J connectivity index is 2.19. The molecule has 0 amide bonds. The van der Waals surface area contributed by atoms with Crippen molar-refractivity contribution in [1.82, 2.24) is 0 Å². The van der Waals surface area contributed by atoms with E-state index in [1.807, 2.05) is 16.8 Å². The molecule has 2 aromatic rings. The minimum absolute atomic E-state index is 0.478. The van der Waals surface area contributed by atoms with Gasteiger partial charge in [-0.25, -0.2) is 0 Å². The van der Waals surface area contributed by atoms with Gasteiger partial charge in [0.1, 0.15) is 0 Å². The maximum absolute atomic E-state index is 10.1. The molecule has 1 N–H and O–H groups in total. The Morgan fingerprint density at radius 2 is 2.06 bits per heavy atom. The smallest absolute Gasteiger partial charge is 0.0849 e. The molecule has 0 bridgehead atoms. The summed E-state index contributed by atoms with van der Waals surface area (Å²) in [4.78, 5) is 0. The number of hydrogen-bond acceptors (Lipinski definition) is 2. The van der Waals surface area contributed by atoms with Gasteiger partial charge < -0.3 is 5.11 Å². The standard InChI is InChI=1S/C12H9BrCl2OS/c13-10-6-17-5-9(10)12(16)3-7-1-2-8(14)4-11(7)15/h1-2,4-6,12,16H,3H2. The molecule has 1 atom stereocenters. The summed E-state index contributed by atoms with van der Waals surface area (Å²) in [7, 11) is 0. The average molecular weight is 352 g/mol. The van der Waals surface area contributed by atoms with Gasteiger partial charge in [-0.15, -0.1) is 0 Å². The molecule has 1 unspecified atom stereocenters. The fourth-order valence-corrected chi connectivity index (χ4v) is 3.63. The number of rotatable bonds is 3. The van der Waals surface area contributed by atoms with Crippen molar-refractivity contribution >= 4 is 50.5 Å². The summed E-state index contributed by atoms with van der Waals surface area (Å²) < 4.78 is 0.931. The highest BCUT2D eigenvalue weighted by atomic mass is 79.9. The monoisotopic (exact) mass is 350 g/mol. The number of thiophene rings is 1. The summed E-state index contributed by atoms with van der Waals surface area (Å²) >= 11 is 16.9. The number of halogens is 3. The molecule has 5 heteroatoms. The van der Waals surface area contributed by atoms with Crippen LogP contribution in [0.5, 0.6) is 0 Å². The molecule has 0 aliphatic heterocycles. The van der Waals surface area contributed by atoms with Crippen molar-refractivity contribution in [3.8, 4) is 0 Å². The van der Waals surface area contributed by atoms with Crippen LogP contribution in [0.2, 0.25) is 10.0 Å². The van der Waals surface area contributed by atoms with E-state index in [2.05, 4.69) is 15.9 Å². The molecule has 0 spiro atoms. The van der Waals surface area contributed by atoms with E-state index in [9.17, 15) is 5.11 Å². The lowest BCUT2D eigenvalue weighted by Gasteiger charge is -2.11. The van der Waals surface area contributed by atoms with Crippen LogP contribution in [0, 0.1) is 0 Å². The first-order chi connectivity index (χ1) is 8.08. The van der Waals surface area contributed by atoms with Crippen molar-refractivity contribution < 1.29 is 5.11 Å². The Morgan fingerprint density at radius 1 is 1.29 bits per heavy atom. The van der Waals surface area contributed by atoms with Gasteiger partial charge in [0.2, 0.25) is 0 Å². The fourth-order valence-electron chi connectivity index (χ4n) is 1.53. The SMILES string of the molecule is OC(Cc1ccc(Cl)cc1Cl)c1cscc1Br. The van der Waals surface area contributed by atoms with Gasteiger partial charge in [-0.05, 0) is 39.0 Å². The molecule has 1 aromatic heterocycles. The average Bonchev–Trinajstić information content (AvgIpc) is 2.68. The highest BCUT2D eigenvalue weighted by Crippen LogP contribution is 2.31. The van der Waals surface area contributed by atoms with Crippen LogP contribution in [0.15, 0.2) is 33.4 Å². The number of aliphatic hydroxyl groups excluding tert-OH is 1. The molecular formula is C12H9BrCl2OS. The van der Waals surface area contributed by atoms with Gasteiger partial charge in [0.25, 0.3) is 0 Å². The number of benzene rings is 1. The quantitative estimate of drug-likeness (QED) is 0.816. The van der Waals surface area contributed by atoms with E-state index in [1.165, 1.54) is 0 Å². The van der Waals surface area contributed by atoms with Crippen LogP contribution in [-0.4, -0.2) is 5.11 Å². The van der Waals surface area contributed by atoms with Gasteiger partial charge in [-0.3, -0.25) is 0 Å². The Morgan fingerprint density at radius 3 is 2.65 bits per heavy atom. The molecule has 0 aliphatic rings. The zero-order valence-electron chi connectivity index (χ0n) is 8.66. The molecular weight excluding hydrogens is 343 g/mol. The van der Waals surface area contributed by atoms with Crippen molar-refractivity contribution in [2.24, 2.45) is 0 Å². The van der Waals surface area contributed by atoms with Crippen LogP contribution in [0.3, 0.4) is 0 Å². The molecule has 0 aliphatic carbocycles. The molecule has 0 saturated heterocycles. The molecule has 90 valence electrons. The van der Waals surface area contributed by atoms with E-state index in [0.29, 0.717) is 16.5 Å². The molecule has 1 aromatic carbocycles. The number of aliphatic hydroxyl groups is 1. The minimum atomic E-state index is -0.561. The maximum atomic E-state index is 10.1. The van der Waals surface area contributed by atoms with E-state index in [1.54, 1.807) is 23.5 Å². The molecule has 0 radical (unpaired) electrons. The molecule has 1 heterocycles. The first-order valence-electron chi connectivity index (χ1n) is 4.91. The second-order valence-electron chi connectivity index (χ2n) is 3.63. The summed E-state index contributed by atoms with van der Waals surface area (Å²) in [6.07, 6.45) is -0.0833. The van der Waals surface area contributed by atoms with E-state index in [0.717, 1.165) is 15.6 Å². The molecule has 0 fully saturated rings. The van der Waals surface area contributed by atoms with Gasteiger partial charge in [-0.2, -0.15) is 11.3 Å². The summed E-state index contributed by atoms with van der Waals surface area (Å²) in [5.41, 5.74) is 1.78. The van der Waals surface area contributed by atoms with E-state index in [-0.39, 0.29) is 0 Å².